The zero-order valence-electron chi connectivity index (χ0n) is 23.0. The number of anilines is 2. The van der Waals surface area contributed by atoms with Gasteiger partial charge in [0.15, 0.2) is 0 Å². The Labute approximate surface area is 221 Å². The summed E-state index contributed by atoms with van der Waals surface area (Å²) >= 11 is 0. The number of rotatable bonds is 12. The molecule has 0 saturated heterocycles. The summed E-state index contributed by atoms with van der Waals surface area (Å²) in [6.07, 6.45) is 24.2. The molecule has 0 aliphatic heterocycles. The number of hydrogen-bond donors (Lipinski definition) is 2. The van der Waals surface area contributed by atoms with Crippen LogP contribution >= 0.6 is 0 Å². The number of nitrogens with two attached hydrogens (primary N) is 2. The molecule has 2 saturated carbocycles. The zero-order chi connectivity index (χ0) is 25.2. The fourth-order valence-corrected chi connectivity index (χ4v) is 7.24. The fraction of sp³-hybridized carbons (Fsp3) is 0.647. The second kappa shape index (κ2) is 14.1. The van der Waals surface area contributed by atoms with Crippen molar-refractivity contribution in [2.75, 3.05) is 11.5 Å². The molecule has 0 atom stereocenters. The third kappa shape index (κ3) is 8.29. The summed E-state index contributed by atoms with van der Waals surface area (Å²) in [7, 11) is 0. The van der Waals surface area contributed by atoms with Crippen molar-refractivity contribution in [3.63, 3.8) is 0 Å². The Bertz CT molecular complexity index is 883. The molecule has 0 unspecified atom stereocenters. The highest BCUT2D eigenvalue weighted by Crippen LogP contribution is 2.41. The standard InChI is InChI=1S/C34H52N2/c1-2-3-4-5-6-9-26-12-14-27(15-13-26)16-17-28-18-20-30(21-19-28)34-11-8-7-10-31(34)22-29-23-32(35)25-33(36)24-29/h7-8,10-11,23-28,30H,2-6,9,12-22,35-36H2,1H3. The summed E-state index contributed by atoms with van der Waals surface area (Å²) < 4.78 is 0. The van der Waals surface area contributed by atoms with Gasteiger partial charge in [0.25, 0.3) is 0 Å². The molecular weight excluding hydrogens is 436 g/mol. The van der Waals surface area contributed by atoms with Crippen molar-refractivity contribution in [2.45, 2.75) is 122 Å². The van der Waals surface area contributed by atoms with E-state index in [4.69, 9.17) is 11.5 Å². The Morgan fingerprint density at radius 2 is 1.19 bits per heavy atom. The van der Waals surface area contributed by atoms with E-state index in [0.29, 0.717) is 5.92 Å². The minimum atomic E-state index is 0.712. The maximum atomic E-state index is 6.05. The first-order valence-corrected chi connectivity index (χ1v) is 15.3. The van der Waals surface area contributed by atoms with Crippen LogP contribution in [-0.4, -0.2) is 0 Å². The predicted molar refractivity (Wildman–Crippen MR) is 157 cm³/mol. The number of benzene rings is 2. The van der Waals surface area contributed by atoms with E-state index in [-0.39, 0.29) is 0 Å². The van der Waals surface area contributed by atoms with Gasteiger partial charge in [-0.3, -0.25) is 0 Å². The maximum Gasteiger partial charge on any atom is 0.0337 e. The van der Waals surface area contributed by atoms with Crippen LogP contribution in [0.25, 0.3) is 0 Å². The van der Waals surface area contributed by atoms with Crippen LogP contribution in [0.4, 0.5) is 11.4 Å². The van der Waals surface area contributed by atoms with E-state index >= 15 is 0 Å². The van der Waals surface area contributed by atoms with Gasteiger partial charge in [-0.05, 0) is 90.7 Å². The molecule has 4 rings (SSSR count). The van der Waals surface area contributed by atoms with Crippen LogP contribution in [0.15, 0.2) is 42.5 Å². The summed E-state index contributed by atoms with van der Waals surface area (Å²) in [4.78, 5) is 0. The first-order chi connectivity index (χ1) is 17.6. The second-order valence-corrected chi connectivity index (χ2v) is 12.3. The van der Waals surface area contributed by atoms with Crippen LogP contribution in [0, 0.1) is 17.8 Å². The molecule has 0 radical (unpaired) electrons. The van der Waals surface area contributed by atoms with Crippen LogP contribution in [0.2, 0.25) is 0 Å². The Balaban J connectivity index is 1.18. The van der Waals surface area contributed by atoms with E-state index in [1.165, 1.54) is 114 Å². The van der Waals surface area contributed by atoms with E-state index < -0.39 is 0 Å². The number of hydrogen-bond acceptors (Lipinski definition) is 2. The molecule has 4 N–H and O–H groups in total. The molecule has 2 aliphatic carbocycles. The topological polar surface area (TPSA) is 52.0 Å². The van der Waals surface area contributed by atoms with Gasteiger partial charge in [-0.2, -0.15) is 0 Å². The fourth-order valence-electron chi connectivity index (χ4n) is 7.24. The molecule has 0 heterocycles. The third-order valence-electron chi connectivity index (χ3n) is 9.44. The summed E-state index contributed by atoms with van der Waals surface area (Å²) in [6, 6.07) is 15.1. The van der Waals surface area contributed by atoms with E-state index in [0.717, 1.165) is 35.5 Å². The van der Waals surface area contributed by atoms with Crippen molar-refractivity contribution >= 4 is 11.4 Å². The van der Waals surface area contributed by atoms with E-state index in [1.54, 1.807) is 5.56 Å². The smallest absolute Gasteiger partial charge is 0.0337 e. The highest BCUT2D eigenvalue weighted by molar-refractivity contribution is 5.55. The first kappa shape index (κ1) is 27.1. The highest BCUT2D eigenvalue weighted by atomic mass is 14.6. The Hall–Kier alpha value is -1.96. The average molecular weight is 489 g/mol. The number of nitrogen functional groups attached to an aromatic ring is 2. The molecule has 0 bridgehead atoms. The van der Waals surface area contributed by atoms with Gasteiger partial charge < -0.3 is 11.5 Å². The minimum Gasteiger partial charge on any atom is -0.399 e. The van der Waals surface area contributed by atoms with Gasteiger partial charge >= 0.3 is 0 Å². The summed E-state index contributed by atoms with van der Waals surface area (Å²) in [6.45, 7) is 2.31. The molecule has 2 heteroatoms. The van der Waals surface area contributed by atoms with Crippen LogP contribution in [0.3, 0.4) is 0 Å². The maximum absolute atomic E-state index is 6.05. The minimum absolute atomic E-state index is 0.712. The third-order valence-corrected chi connectivity index (χ3v) is 9.44. The molecule has 2 aromatic rings. The normalized spacial score (nSPS) is 24.6. The Kier molecular flexibility index (Phi) is 10.6. The molecule has 0 amide bonds. The lowest BCUT2D eigenvalue weighted by molar-refractivity contribution is 0.222. The lowest BCUT2D eigenvalue weighted by Gasteiger charge is -2.32. The highest BCUT2D eigenvalue weighted by Gasteiger charge is 2.26. The largest absolute Gasteiger partial charge is 0.399 e. The molecular formula is C34H52N2. The van der Waals surface area contributed by atoms with Crippen molar-refractivity contribution in [2.24, 2.45) is 17.8 Å². The monoisotopic (exact) mass is 488 g/mol. The van der Waals surface area contributed by atoms with Crippen molar-refractivity contribution in [1.82, 2.24) is 0 Å². The molecule has 2 fully saturated rings. The van der Waals surface area contributed by atoms with Crippen LogP contribution in [0.1, 0.15) is 132 Å². The van der Waals surface area contributed by atoms with E-state index in [9.17, 15) is 0 Å². The summed E-state index contributed by atoms with van der Waals surface area (Å²) in [5, 5.41) is 0. The van der Waals surface area contributed by atoms with Gasteiger partial charge in [-0.25, -0.2) is 0 Å². The SMILES string of the molecule is CCCCCCCC1CCC(CCC2CCC(c3ccccc3Cc3cc(N)cc(N)c3)CC2)CC1. The van der Waals surface area contributed by atoms with Gasteiger partial charge in [0.1, 0.15) is 0 Å². The second-order valence-electron chi connectivity index (χ2n) is 12.3. The average Bonchev–Trinajstić information content (AvgIpc) is 2.88. The van der Waals surface area contributed by atoms with Gasteiger partial charge in [0, 0.05) is 11.4 Å². The molecule has 2 aliphatic rings. The zero-order valence-corrected chi connectivity index (χ0v) is 23.0. The van der Waals surface area contributed by atoms with E-state index in [2.05, 4.69) is 43.3 Å². The van der Waals surface area contributed by atoms with Crippen LogP contribution in [-0.2, 0) is 6.42 Å². The first-order valence-electron chi connectivity index (χ1n) is 15.3. The number of unbranched alkanes of at least 4 members (excludes halogenated alkanes) is 4. The summed E-state index contributed by atoms with van der Waals surface area (Å²) in [5.74, 6) is 3.73. The van der Waals surface area contributed by atoms with Crippen molar-refractivity contribution in [3.8, 4) is 0 Å². The molecule has 2 aromatic carbocycles. The van der Waals surface area contributed by atoms with Crippen LogP contribution < -0.4 is 11.5 Å². The van der Waals surface area contributed by atoms with E-state index in [1.807, 2.05) is 6.07 Å². The molecule has 198 valence electrons. The summed E-state index contributed by atoms with van der Waals surface area (Å²) in [5.41, 5.74) is 17.9. The Morgan fingerprint density at radius 1 is 0.639 bits per heavy atom. The molecule has 2 nitrogen and oxygen atoms in total. The van der Waals surface area contributed by atoms with Crippen molar-refractivity contribution < 1.29 is 0 Å². The quantitative estimate of drug-likeness (QED) is 0.231. The van der Waals surface area contributed by atoms with Crippen molar-refractivity contribution in [1.29, 1.82) is 0 Å². The Morgan fingerprint density at radius 3 is 1.83 bits per heavy atom. The molecule has 0 spiro atoms. The molecule has 36 heavy (non-hydrogen) atoms. The van der Waals surface area contributed by atoms with Crippen LogP contribution in [0.5, 0.6) is 0 Å². The lowest BCUT2D eigenvalue weighted by Crippen LogP contribution is -2.18. The van der Waals surface area contributed by atoms with Gasteiger partial charge in [0.2, 0.25) is 0 Å². The molecule has 0 aromatic heterocycles. The lowest BCUT2D eigenvalue weighted by atomic mass is 9.73. The predicted octanol–water partition coefficient (Wildman–Crippen LogP) is 9.66. The van der Waals surface area contributed by atoms with Gasteiger partial charge in [-0.15, -0.1) is 0 Å². The van der Waals surface area contributed by atoms with Gasteiger partial charge in [-0.1, -0.05) is 108 Å². The van der Waals surface area contributed by atoms with Crippen molar-refractivity contribution in [3.05, 3.63) is 59.2 Å². The van der Waals surface area contributed by atoms with Gasteiger partial charge in [0.05, 0.1) is 0 Å².